The molecule has 0 amide bonds. The van der Waals surface area contributed by atoms with Gasteiger partial charge in [-0.2, -0.15) is 0 Å². The number of fused-ring (bicyclic) bond motifs is 10. The highest BCUT2D eigenvalue weighted by molar-refractivity contribution is 7.26. The average molecular weight is 933 g/mol. The van der Waals surface area contributed by atoms with E-state index >= 15 is 0 Å². The van der Waals surface area contributed by atoms with Crippen LogP contribution in [0.15, 0.2) is 243 Å². The van der Waals surface area contributed by atoms with Crippen molar-refractivity contribution in [3.05, 3.63) is 243 Å². The summed E-state index contributed by atoms with van der Waals surface area (Å²) in [5.74, 6) is 1.85. The summed E-state index contributed by atoms with van der Waals surface area (Å²) in [5.41, 5.74) is 18.3. The van der Waals surface area contributed by atoms with Gasteiger partial charge in [0.1, 0.15) is 0 Å². The number of para-hydroxylation sites is 1. The molecule has 3 heterocycles. The van der Waals surface area contributed by atoms with E-state index in [0.717, 1.165) is 55.7 Å². The van der Waals surface area contributed by atoms with Gasteiger partial charge in [0.2, 0.25) is 0 Å². The van der Waals surface area contributed by atoms with E-state index in [1.165, 1.54) is 75.1 Å². The molecular formula is C67H40N4S. The Labute approximate surface area is 419 Å². The molecule has 14 aromatic rings. The number of aromatic nitrogens is 4. The second kappa shape index (κ2) is 16.1. The number of hydrogen-bond acceptors (Lipinski definition) is 4. The lowest BCUT2D eigenvalue weighted by Gasteiger charge is -2.12. The Kier molecular flexibility index (Phi) is 9.10. The molecule has 0 spiro atoms. The van der Waals surface area contributed by atoms with Gasteiger partial charge >= 0.3 is 0 Å². The van der Waals surface area contributed by atoms with Gasteiger partial charge in [-0.1, -0.05) is 182 Å². The van der Waals surface area contributed by atoms with E-state index in [1.54, 1.807) is 0 Å². The van der Waals surface area contributed by atoms with E-state index in [9.17, 15) is 0 Å². The zero-order chi connectivity index (χ0) is 47.3. The fourth-order valence-corrected chi connectivity index (χ4v) is 12.4. The van der Waals surface area contributed by atoms with Gasteiger partial charge in [-0.15, -0.1) is 11.3 Å². The second-order valence-electron chi connectivity index (χ2n) is 18.7. The molecule has 1 aliphatic rings. The molecule has 0 atom stereocenters. The van der Waals surface area contributed by atoms with Gasteiger partial charge < -0.3 is 4.57 Å². The monoisotopic (exact) mass is 932 g/mol. The van der Waals surface area contributed by atoms with E-state index in [2.05, 4.69) is 235 Å². The number of benzene rings is 11. The van der Waals surface area contributed by atoms with E-state index in [-0.39, 0.29) is 0 Å². The third kappa shape index (κ3) is 6.48. The van der Waals surface area contributed by atoms with Gasteiger partial charge in [0.25, 0.3) is 0 Å². The van der Waals surface area contributed by atoms with Crippen molar-refractivity contribution in [2.75, 3.05) is 0 Å². The Morgan fingerprint density at radius 2 is 0.750 bits per heavy atom. The minimum Gasteiger partial charge on any atom is -0.309 e. The van der Waals surface area contributed by atoms with Gasteiger partial charge in [0.15, 0.2) is 17.5 Å². The standard InChI is InChI=1S/C67H40N4S/c1-3-15-41(16-4-1)43-19-11-21-47(35-43)65-68-66(48-22-12-20-44(36-48)42-17-5-2-6-18-42)70-67(69-65)49-23-13-24-50(37-49)71-59-30-10-9-27-53(59)56-38-45(31-33-60(56)71)46-32-34-61-58(39-46)64-55-29-14-28-54-51-25-7-8-26-52(51)57(63(54)55)40-62(64)72-61/h1-40H. The van der Waals surface area contributed by atoms with Crippen molar-refractivity contribution in [2.24, 2.45) is 0 Å². The third-order valence-electron chi connectivity index (χ3n) is 14.6. The maximum atomic E-state index is 5.25. The molecule has 11 aromatic carbocycles. The van der Waals surface area contributed by atoms with Crippen LogP contribution >= 0.6 is 11.3 Å². The molecule has 0 unspecified atom stereocenters. The van der Waals surface area contributed by atoms with Crippen molar-refractivity contribution < 1.29 is 0 Å². The van der Waals surface area contributed by atoms with E-state index in [4.69, 9.17) is 15.0 Å². The predicted octanol–water partition coefficient (Wildman–Crippen LogP) is 18.1. The van der Waals surface area contributed by atoms with Crippen molar-refractivity contribution in [1.82, 2.24) is 19.5 Å². The Morgan fingerprint density at radius 3 is 1.44 bits per heavy atom. The van der Waals surface area contributed by atoms with Crippen LogP contribution in [0.3, 0.4) is 0 Å². The summed E-state index contributed by atoms with van der Waals surface area (Å²) in [6, 6.07) is 87.3. The predicted molar refractivity (Wildman–Crippen MR) is 302 cm³/mol. The average Bonchev–Trinajstić information content (AvgIpc) is 4.11. The van der Waals surface area contributed by atoms with Gasteiger partial charge in [-0.3, -0.25) is 0 Å². The van der Waals surface area contributed by atoms with Crippen LogP contribution in [0.25, 0.3) is 148 Å². The topological polar surface area (TPSA) is 43.6 Å². The van der Waals surface area contributed by atoms with Crippen LogP contribution < -0.4 is 0 Å². The maximum absolute atomic E-state index is 5.25. The summed E-state index contributed by atoms with van der Waals surface area (Å²) in [4.78, 5) is 15.7. The first-order valence-electron chi connectivity index (χ1n) is 24.4. The Hall–Kier alpha value is -9.29. The normalized spacial score (nSPS) is 11.9. The van der Waals surface area contributed by atoms with Crippen LogP contribution in [0.1, 0.15) is 0 Å². The number of thiophene rings is 1. The lowest BCUT2D eigenvalue weighted by Crippen LogP contribution is -2.01. The van der Waals surface area contributed by atoms with Gasteiger partial charge in [0, 0.05) is 53.3 Å². The fourth-order valence-electron chi connectivity index (χ4n) is 11.2. The highest BCUT2D eigenvalue weighted by atomic mass is 32.1. The molecule has 0 radical (unpaired) electrons. The van der Waals surface area contributed by atoms with Crippen LogP contribution in [-0.4, -0.2) is 19.5 Å². The van der Waals surface area contributed by atoms with Crippen LogP contribution in [0.4, 0.5) is 0 Å². The van der Waals surface area contributed by atoms with Gasteiger partial charge in [0.05, 0.1) is 11.0 Å². The maximum Gasteiger partial charge on any atom is 0.164 e. The van der Waals surface area contributed by atoms with Gasteiger partial charge in [-0.25, -0.2) is 15.0 Å². The molecule has 0 saturated heterocycles. The Balaban J connectivity index is 0.854. The molecule has 0 fully saturated rings. The minimum atomic E-state index is 0.609. The lowest BCUT2D eigenvalue weighted by molar-refractivity contribution is 1.07. The summed E-state index contributed by atoms with van der Waals surface area (Å²) < 4.78 is 5.02. The zero-order valence-electron chi connectivity index (χ0n) is 38.8. The Morgan fingerprint density at radius 1 is 0.264 bits per heavy atom. The number of hydrogen-bond donors (Lipinski definition) is 0. The first-order valence-corrected chi connectivity index (χ1v) is 25.2. The van der Waals surface area contributed by atoms with Crippen molar-refractivity contribution in [3.63, 3.8) is 0 Å². The quantitative estimate of drug-likeness (QED) is 0.160. The highest BCUT2D eigenvalue weighted by Gasteiger charge is 2.24. The molecule has 5 heteroatoms. The lowest BCUT2D eigenvalue weighted by atomic mass is 9.96. The molecule has 334 valence electrons. The molecule has 72 heavy (non-hydrogen) atoms. The van der Waals surface area contributed by atoms with E-state index < -0.39 is 0 Å². The van der Waals surface area contributed by atoms with Crippen molar-refractivity contribution >= 4 is 64.1 Å². The molecular weight excluding hydrogens is 893 g/mol. The zero-order valence-corrected chi connectivity index (χ0v) is 39.6. The molecule has 4 nitrogen and oxygen atoms in total. The summed E-state index contributed by atoms with van der Waals surface area (Å²) in [6.45, 7) is 0. The van der Waals surface area contributed by atoms with Gasteiger partial charge in [-0.05, 0) is 127 Å². The van der Waals surface area contributed by atoms with Crippen molar-refractivity contribution in [1.29, 1.82) is 0 Å². The van der Waals surface area contributed by atoms with Crippen LogP contribution in [0.2, 0.25) is 0 Å². The summed E-state index contributed by atoms with van der Waals surface area (Å²) in [7, 11) is 0. The first kappa shape index (κ1) is 40.6. The van der Waals surface area contributed by atoms with Crippen LogP contribution in [0.5, 0.6) is 0 Å². The molecule has 0 bridgehead atoms. The molecule has 0 saturated carbocycles. The highest BCUT2D eigenvalue weighted by Crippen LogP contribution is 2.52. The Bertz CT molecular complexity index is 4410. The second-order valence-corrected chi connectivity index (χ2v) is 19.8. The minimum absolute atomic E-state index is 0.609. The molecule has 0 aliphatic heterocycles. The van der Waals surface area contributed by atoms with Crippen LogP contribution in [-0.2, 0) is 0 Å². The SMILES string of the molecule is c1ccc(-c2cccc(-c3nc(-c4cccc(-c5ccccc5)c4)nc(-c4cccc(-n5c6ccccc6c6cc(-c7ccc8sc9cc%10c%11c(cccc%11c9c8c7)-c7ccccc7-%10)ccc65)c4)n3)c2)cc1. The molecule has 15 rings (SSSR count). The number of rotatable bonds is 7. The van der Waals surface area contributed by atoms with Crippen molar-refractivity contribution in [2.45, 2.75) is 0 Å². The van der Waals surface area contributed by atoms with Crippen molar-refractivity contribution in [3.8, 4) is 95.5 Å². The van der Waals surface area contributed by atoms with E-state index in [0.29, 0.717) is 17.5 Å². The summed E-state index contributed by atoms with van der Waals surface area (Å²) in [5, 5.41) is 7.76. The largest absolute Gasteiger partial charge is 0.309 e. The third-order valence-corrected chi connectivity index (χ3v) is 15.7. The summed E-state index contributed by atoms with van der Waals surface area (Å²) in [6.07, 6.45) is 0. The molecule has 3 aromatic heterocycles. The molecule has 1 aliphatic carbocycles. The number of nitrogens with zero attached hydrogens (tertiary/aromatic N) is 4. The fraction of sp³-hybridized carbons (Fsp3) is 0. The smallest absolute Gasteiger partial charge is 0.164 e. The summed E-state index contributed by atoms with van der Waals surface area (Å²) >= 11 is 1.90. The molecule has 0 N–H and O–H groups in total. The van der Waals surface area contributed by atoms with E-state index in [1.807, 2.05) is 23.5 Å². The van der Waals surface area contributed by atoms with Crippen LogP contribution in [0, 0.1) is 0 Å². The first-order chi connectivity index (χ1) is 35.7.